The Kier molecular flexibility index (Phi) is 4.75. The van der Waals surface area contributed by atoms with Gasteiger partial charge in [-0.25, -0.2) is 4.98 Å². The summed E-state index contributed by atoms with van der Waals surface area (Å²) in [5, 5.41) is 11.3. The van der Waals surface area contributed by atoms with Crippen LogP contribution in [0.2, 0.25) is 0 Å². The van der Waals surface area contributed by atoms with E-state index in [1.54, 1.807) is 36.5 Å². The van der Waals surface area contributed by atoms with Gasteiger partial charge in [0.25, 0.3) is 11.2 Å². The summed E-state index contributed by atoms with van der Waals surface area (Å²) in [7, 11) is 0. The third-order valence-corrected chi connectivity index (χ3v) is 4.64. The van der Waals surface area contributed by atoms with E-state index in [4.69, 9.17) is 4.98 Å². The first kappa shape index (κ1) is 18.3. The summed E-state index contributed by atoms with van der Waals surface area (Å²) in [5.41, 5.74) is 3.16. The van der Waals surface area contributed by atoms with Crippen molar-refractivity contribution in [3.05, 3.63) is 104 Å². The highest BCUT2D eigenvalue weighted by atomic mass is 16.6. The molecular weight excluding hydrogens is 366 g/mol. The Labute approximate surface area is 166 Å². The number of hydrogen-bond donors (Lipinski definition) is 0. The largest absolute Gasteiger partial charge is 0.269 e. The molecule has 6 nitrogen and oxygen atoms in total. The zero-order valence-corrected chi connectivity index (χ0v) is 15.6. The van der Waals surface area contributed by atoms with Crippen LogP contribution in [0.4, 0.5) is 5.69 Å². The number of benzene rings is 3. The van der Waals surface area contributed by atoms with Crippen molar-refractivity contribution in [1.29, 1.82) is 0 Å². The standard InChI is InChI=1S/C23H17N3O3/c1-16-6-10-18(11-7-16)22-24-21-5-3-2-4-20(21)23(27)25(22)15-14-17-8-12-19(13-9-17)26(28)29/h2-15H,1H3/b15-14+. The molecule has 0 aliphatic rings. The Balaban J connectivity index is 1.86. The zero-order chi connectivity index (χ0) is 20.4. The van der Waals surface area contributed by atoms with Crippen LogP contribution in [0, 0.1) is 17.0 Å². The molecule has 1 aromatic heterocycles. The number of nitro groups is 1. The van der Waals surface area contributed by atoms with Crippen molar-refractivity contribution in [1.82, 2.24) is 9.55 Å². The van der Waals surface area contributed by atoms with Gasteiger partial charge in [-0.2, -0.15) is 0 Å². The molecule has 0 atom stereocenters. The molecule has 29 heavy (non-hydrogen) atoms. The lowest BCUT2D eigenvalue weighted by atomic mass is 10.1. The number of para-hydroxylation sites is 1. The molecule has 4 aromatic rings. The van der Waals surface area contributed by atoms with Gasteiger partial charge < -0.3 is 0 Å². The lowest BCUT2D eigenvalue weighted by Crippen LogP contribution is -2.19. The van der Waals surface area contributed by atoms with Crippen LogP contribution in [0.15, 0.2) is 77.6 Å². The fourth-order valence-corrected chi connectivity index (χ4v) is 3.06. The molecule has 0 saturated carbocycles. The first-order chi connectivity index (χ1) is 14.0. The average molecular weight is 383 g/mol. The van der Waals surface area contributed by atoms with Gasteiger partial charge in [-0.3, -0.25) is 19.5 Å². The molecule has 0 aliphatic carbocycles. The Morgan fingerprint density at radius 2 is 1.66 bits per heavy atom. The molecule has 0 amide bonds. The molecule has 0 radical (unpaired) electrons. The van der Waals surface area contributed by atoms with Crippen molar-refractivity contribution in [2.75, 3.05) is 0 Å². The number of nitro benzene ring substituents is 1. The predicted octanol–water partition coefficient (Wildman–Crippen LogP) is 4.91. The topological polar surface area (TPSA) is 78.0 Å². The summed E-state index contributed by atoms with van der Waals surface area (Å²) in [5.74, 6) is 0.534. The van der Waals surface area contributed by atoms with E-state index in [-0.39, 0.29) is 11.2 Å². The highest BCUT2D eigenvalue weighted by Gasteiger charge is 2.11. The third-order valence-electron chi connectivity index (χ3n) is 4.64. The van der Waals surface area contributed by atoms with Crippen LogP contribution in [0.25, 0.3) is 34.6 Å². The fraction of sp³-hybridized carbons (Fsp3) is 0.0435. The lowest BCUT2D eigenvalue weighted by molar-refractivity contribution is -0.384. The predicted molar refractivity (Wildman–Crippen MR) is 114 cm³/mol. The van der Waals surface area contributed by atoms with Crippen molar-refractivity contribution in [3.63, 3.8) is 0 Å². The number of aromatic nitrogens is 2. The molecule has 0 saturated heterocycles. The molecule has 0 spiro atoms. The van der Waals surface area contributed by atoms with Crippen molar-refractivity contribution >= 4 is 28.9 Å². The minimum absolute atomic E-state index is 0.0204. The molecule has 0 aliphatic heterocycles. The van der Waals surface area contributed by atoms with Gasteiger partial charge >= 0.3 is 0 Å². The second kappa shape index (κ2) is 7.52. The van der Waals surface area contributed by atoms with E-state index >= 15 is 0 Å². The number of rotatable bonds is 4. The van der Waals surface area contributed by atoms with Gasteiger partial charge in [-0.15, -0.1) is 0 Å². The molecule has 0 fully saturated rings. The van der Waals surface area contributed by atoms with Crippen LogP contribution in [-0.2, 0) is 0 Å². The molecular formula is C23H17N3O3. The highest BCUT2D eigenvalue weighted by Crippen LogP contribution is 2.20. The molecule has 0 bridgehead atoms. The number of non-ortho nitro benzene ring substituents is 1. The maximum atomic E-state index is 13.1. The van der Waals surface area contributed by atoms with Crippen molar-refractivity contribution in [2.45, 2.75) is 6.92 Å². The molecule has 6 heteroatoms. The second-order valence-corrected chi connectivity index (χ2v) is 6.66. The summed E-state index contributed by atoms with van der Waals surface area (Å²) in [4.78, 5) is 28.2. The van der Waals surface area contributed by atoms with E-state index in [0.717, 1.165) is 16.7 Å². The third kappa shape index (κ3) is 3.68. The first-order valence-electron chi connectivity index (χ1n) is 9.04. The highest BCUT2D eigenvalue weighted by molar-refractivity contribution is 5.81. The van der Waals surface area contributed by atoms with Crippen LogP contribution in [0.5, 0.6) is 0 Å². The summed E-state index contributed by atoms with van der Waals surface area (Å²) < 4.78 is 1.51. The van der Waals surface area contributed by atoms with Crippen molar-refractivity contribution in [2.24, 2.45) is 0 Å². The molecule has 0 N–H and O–H groups in total. The average Bonchev–Trinajstić information content (AvgIpc) is 2.74. The first-order valence-corrected chi connectivity index (χ1v) is 9.04. The minimum Gasteiger partial charge on any atom is -0.268 e. The maximum Gasteiger partial charge on any atom is 0.269 e. The lowest BCUT2D eigenvalue weighted by Gasteiger charge is -2.10. The van der Waals surface area contributed by atoms with Gasteiger partial charge in [0.05, 0.1) is 15.8 Å². The van der Waals surface area contributed by atoms with Crippen LogP contribution >= 0.6 is 0 Å². The van der Waals surface area contributed by atoms with E-state index in [0.29, 0.717) is 16.7 Å². The summed E-state index contributed by atoms with van der Waals surface area (Å²) in [6, 6.07) is 21.2. The second-order valence-electron chi connectivity index (χ2n) is 6.66. The molecule has 142 valence electrons. The van der Waals surface area contributed by atoms with Gasteiger partial charge in [0.1, 0.15) is 5.82 Å². The number of hydrogen-bond acceptors (Lipinski definition) is 4. The van der Waals surface area contributed by atoms with E-state index in [9.17, 15) is 14.9 Å². The molecule has 4 rings (SSSR count). The van der Waals surface area contributed by atoms with Gasteiger partial charge in [0.15, 0.2) is 0 Å². The van der Waals surface area contributed by atoms with Gasteiger partial charge in [0, 0.05) is 23.9 Å². The monoisotopic (exact) mass is 383 g/mol. The van der Waals surface area contributed by atoms with E-state index in [1.807, 2.05) is 43.3 Å². The summed E-state index contributed by atoms with van der Waals surface area (Å²) in [6.07, 6.45) is 3.39. The van der Waals surface area contributed by atoms with Crippen molar-refractivity contribution < 1.29 is 4.92 Å². The minimum atomic E-state index is -0.444. The van der Waals surface area contributed by atoms with Gasteiger partial charge in [-0.1, -0.05) is 42.0 Å². The smallest absolute Gasteiger partial charge is 0.268 e. The molecule has 3 aromatic carbocycles. The SMILES string of the molecule is Cc1ccc(-c2nc3ccccc3c(=O)n2/C=C/c2ccc([N+](=O)[O-])cc2)cc1. The Hall–Kier alpha value is -4.06. The van der Waals surface area contributed by atoms with Crippen LogP contribution in [-0.4, -0.2) is 14.5 Å². The molecule has 0 unspecified atom stereocenters. The molecule has 1 heterocycles. The quantitative estimate of drug-likeness (QED) is 0.371. The number of aryl methyl sites for hydroxylation is 1. The van der Waals surface area contributed by atoms with E-state index in [1.165, 1.54) is 16.7 Å². The fourth-order valence-electron chi connectivity index (χ4n) is 3.06. The Bertz CT molecular complexity index is 1290. The van der Waals surface area contributed by atoms with Crippen LogP contribution in [0.3, 0.4) is 0 Å². The Morgan fingerprint density at radius 1 is 0.966 bits per heavy atom. The maximum absolute atomic E-state index is 13.1. The van der Waals surface area contributed by atoms with Gasteiger partial charge in [-0.05, 0) is 42.8 Å². The number of nitrogens with zero attached hydrogens (tertiary/aromatic N) is 3. The van der Waals surface area contributed by atoms with Crippen LogP contribution in [0.1, 0.15) is 11.1 Å². The van der Waals surface area contributed by atoms with Crippen LogP contribution < -0.4 is 5.56 Å². The van der Waals surface area contributed by atoms with Crippen molar-refractivity contribution in [3.8, 4) is 11.4 Å². The number of fused-ring (bicyclic) bond motifs is 1. The Morgan fingerprint density at radius 3 is 2.34 bits per heavy atom. The van der Waals surface area contributed by atoms with E-state index < -0.39 is 4.92 Å². The van der Waals surface area contributed by atoms with Gasteiger partial charge in [0.2, 0.25) is 0 Å². The normalized spacial score (nSPS) is 11.2. The van der Waals surface area contributed by atoms with E-state index in [2.05, 4.69) is 0 Å². The summed E-state index contributed by atoms with van der Waals surface area (Å²) in [6.45, 7) is 2.00. The zero-order valence-electron chi connectivity index (χ0n) is 15.6. The summed E-state index contributed by atoms with van der Waals surface area (Å²) >= 11 is 0.